The smallest absolute Gasteiger partial charge is 0.411 e. The molecule has 3 aromatic rings. The van der Waals surface area contributed by atoms with Crippen molar-refractivity contribution in [1.82, 2.24) is 19.9 Å². The van der Waals surface area contributed by atoms with Crippen LogP contribution < -0.4 is 20.7 Å². The van der Waals surface area contributed by atoms with Crippen molar-refractivity contribution in [3.8, 4) is 16.9 Å². The monoisotopic (exact) mass is 529 g/mol. The van der Waals surface area contributed by atoms with Crippen LogP contribution in [0, 0.1) is 5.41 Å². The van der Waals surface area contributed by atoms with Gasteiger partial charge in [-0.05, 0) is 55.4 Å². The number of pyridine rings is 1. The second-order valence-electron chi connectivity index (χ2n) is 10.7. The van der Waals surface area contributed by atoms with Crippen LogP contribution in [0.2, 0.25) is 0 Å². The Morgan fingerprint density at radius 3 is 2.87 bits per heavy atom. The largest absolute Gasteiger partial charge is 0.491 e. The summed E-state index contributed by atoms with van der Waals surface area (Å²) in [4.78, 5) is 28.4. The van der Waals surface area contributed by atoms with Crippen LogP contribution in [0.5, 0.6) is 5.75 Å². The SMILES string of the molecule is CCN(C=CNc1ncc(-c2ccc3c(c2)CN(c2ncnc4c2CC(C)(C)CC4)CCO3)cc1N)C(=O)O. The molecule has 3 heterocycles. The first-order valence-electron chi connectivity index (χ1n) is 13.3. The number of aromatic nitrogens is 3. The maximum Gasteiger partial charge on any atom is 0.411 e. The van der Waals surface area contributed by atoms with Crippen molar-refractivity contribution in [1.29, 1.82) is 0 Å². The lowest BCUT2D eigenvalue weighted by Crippen LogP contribution is -2.31. The lowest BCUT2D eigenvalue weighted by molar-refractivity contribution is 0.165. The Morgan fingerprint density at radius 1 is 1.26 bits per heavy atom. The van der Waals surface area contributed by atoms with E-state index in [-0.39, 0.29) is 5.41 Å². The summed E-state index contributed by atoms with van der Waals surface area (Å²) in [7, 11) is 0. The van der Waals surface area contributed by atoms with Crippen LogP contribution in [-0.4, -0.2) is 50.7 Å². The molecule has 0 saturated heterocycles. The topological polar surface area (TPSA) is 130 Å². The van der Waals surface area contributed by atoms with E-state index in [1.165, 1.54) is 18.0 Å². The van der Waals surface area contributed by atoms with E-state index in [4.69, 9.17) is 20.6 Å². The molecule has 0 atom stereocenters. The molecule has 2 aromatic heterocycles. The standard InChI is InChI=1S/C29H35N7O3/c1-4-35(28(37)38)10-9-31-26-23(30)14-20(16-32-26)19-5-6-25-21(13-19)17-36(11-12-39-25)27-22-15-29(2,3)8-7-24(22)33-18-34-27/h5-6,9-10,13-14,16,18H,4,7-8,11-12,15,17,30H2,1-3H3,(H,31,32)(H,37,38). The number of rotatable bonds is 6. The Morgan fingerprint density at radius 2 is 2.10 bits per heavy atom. The van der Waals surface area contributed by atoms with Crippen LogP contribution in [0.3, 0.4) is 0 Å². The number of hydrogen-bond donors (Lipinski definition) is 3. The average molecular weight is 530 g/mol. The van der Waals surface area contributed by atoms with Crippen molar-refractivity contribution < 1.29 is 14.6 Å². The molecule has 0 spiro atoms. The normalized spacial score (nSPS) is 16.1. The molecule has 39 heavy (non-hydrogen) atoms. The Labute approximate surface area is 228 Å². The predicted octanol–water partition coefficient (Wildman–Crippen LogP) is 4.92. The van der Waals surface area contributed by atoms with Crippen molar-refractivity contribution in [3.63, 3.8) is 0 Å². The van der Waals surface area contributed by atoms with Gasteiger partial charge in [0.05, 0.1) is 12.2 Å². The molecule has 1 aliphatic carbocycles. The van der Waals surface area contributed by atoms with Gasteiger partial charge in [0.25, 0.3) is 0 Å². The molecule has 1 aliphatic heterocycles. The van der Waals surface area contributed by atoms with Gasteiger partial charge in [0.15, 0.2) is 5.82 Å². The summed E-state index contributed by atoms with van der Waals surface area (Å²) in [5.41, 5.74) is 12.3. The number of nitrogens with zero attached hydrogens (tertiary/aromatic N) is 5. The first-order valence-corrected chi connectivity index (χ1v) is 13.3. The van der Waals surface area contributed by atoms with E-state index in [0.29, 0.717) is 31.2 Å². The third-order valence-corrected chi connectivity index (χ3v) is 7.36. The van der Waals surface area contributed by atoms with Crippen molar-refractivity contribution in [2.24, 2.45) is 5.41 Å². The fraction of sp³-hybridized carbons (Fsp3) is 0.379. The molecule has 2 aliphatic rings. The second kappa shape index (κ2) is 10.8. The number of nitrogens with one attached hydrogen (secondary N) is 1. The van der Waals surface area contributed by atoms with Crippen LogP contribution in [-0.2, 0) is 19.4 Å². The van der Waals surface area contributed by atoms with Crippen molar-refractivity contribution in [2.75, 3.05) is 35.6 Å². The Balaban J connectivity index is 1.38. The van der Waals surface area contributed by atoms with E-state index in [1.54, 1.807) is 19.4 Å². The van der Waals surface area contributed by atoms with Gasteiger partial charge >= 0.3 is 6.09 Å². The highest BCUT2D eigenvalue weighted by Crippen LogP contribution is 2.39. The van der Waals surface area contributed by atoms with E-state index in [2.05, 4.69) is 40.1 Å². The molecule has 0 fully saturated rings. The number of nitrogens with two attached hydrogens (primary N) is 1. The molecular formula is C29H35N7O3. The maximum absolute atomic E-state index is 11.1. The lowest BCUT2D eigenvalue weighted by atomic mass is 9.76. The average Bonchev–Trinajstić information content (AvgIpc) is 3.12. The fourth-order valence-electron chi connectivity index (χ4n) is 5.16. The molecule has 10 nitrogen and oxygen atoms in total. The molecule has 0 radical (unpaired) electrons. The van der Waals surface area contributed by atoms with E-state index in [1.807, 2.05) is 18.2 Å². The van der Waals surface area contributed by atoms with Crippen molar-refractivity contribution in [3.05, 3.63) is 66.0 Å². The van der Waals surface area contributed by atoms with Crippen LogP contribution in [0.1, 0.15) is 44.0 Å². The van der Waals surface area contributed by atoms with Gasteiger partial charge < -0.3 is 25.8 Å². The zero-order chi connectivity index (χ0) is 27.6. The van der Waals surface area contributed by atoms with E-state index in [0.717, 1.165) is 64.7 Å². The van der Waals surface area contributed by atoms with Gasteiger partial charge in [0.1, 0.15) is 24.5 Å². The number of carbonyl (C=O) groups is 1. The van der Waals surface area contributed by atoms with Gasteiger partial charge in [0, 0.05) is 54.1 Å². The lowest BCUT2D eigenvalue weighted by Gasteiger charge is -2.33. The maximum atomic E-state index is 11.1. The zero-order valence-electron chi connectivity index (χ0n) is 22.6. The van der Waals surface area contributed by atoms with Gasteiger partial charge in [-0.1, -0.05) is 19.9 Å². The minimum Gasteiger partial charge on any atom is -0.491 e. The third-order valence-electron chi connectivity index (χ3n) is 7.36. The van der Waals surface area contributed by atoms with Crippen LogP contribution >= 0.6 is 0 Å². The molecule has 4 N–H and O–H groups in total. The quantitative estimate of drug-likeness (QED) is 0.407. The molecule has 10 heteroatoms. The number of ether oxygens (including phenoxy) is 1. The molecule has 1 aromatic carbocycles. The number of carboxylic acid groups (broad SMARTS) is 1. The van der Waals surface area contributed by atoms with Crippen LogP contribution in [0.15, 0.2) is 49.2 Å². The molecule has 0 unspecified atom stereocenters. The molecular weight excluding hydrogens is 494 g/mol. The van der Waals surface area contributed by atoms with E-state index in [9.17, 15) is 4.79 Å². The summed E-state index contributed by atoms with van der Waals surface area (Å²) in [6.07, 6.45) is 8.44. The van der Waals surface area contributed by atoms with Gasteiger partial charge in [-0.25, -0.2) is 19.7 Å². The van der Waals surface area contributed by atoms with Gasteiger partial charge in [-0.2, -0.15) is 0 Å². The Bertz CT molecular complexity index is 1410. The van der Waals surface area contributed by atoms with E-state index < -0.39 is 6.09 Å². The van der Waals surface area contributed by atoms with E-state index >= 15 is 0 Å². The van der Waals surface area contributed by atoms with Crippen LogP contribution in [0.25, 0.3) is 11.1 Å². The van der Waals surface area contributed by atoms with Crippen molar-refractivity contribution in [2.45, 2.75) is 46.6 Å². The molecule has 1 amide bonds. The number of nitrogen functional groups attached to an aromatic ring is 1. The number of hydrogen-bond acceptors (Lipinski definition) is 8. The first kappa shape index (κ1) is 26.3. The Hall–Kier alpha value is -4.34. The highest BCUT2D eigenvalue weighted by molar-refractivity contribution is 5.74. The van der Waals surface area contributed by atoms with Crippen molar-refractivity contribution >= 4 is 23.4 Å². The summed E-state index contributed by atoms with van der Waals surface area (Å²) >= 11 is 0. The second-order valence-corrected chi connectivity index (χ2v) is 10.7. The van der Waals surface area contributed by atoms with Gasteiger partial charge in [-0.3, -0.25) is 4.90 Å². The first-order chi connectivity index (χ1) is 18.7. The summed E-state index contributed by atoms with van der Waals surface area (Å²) in [5, 5.41) is 12.1. The summed E-state index contributed by atoms with van der Waals surface area (Å²) < 4.78 is 6.12. The number of aryl methyl sites for hydroxylation is 1. The number of fused-ring (bicyclic) bond motifs is 2. The third kappa shape index (κ3) is 5.74. The minimum atomic E-state index is -1.03. The van der Waals surface area contributed by atoms with Crippen LogP contribution in [0.4, 0.5) is 22.1 Å². The summed E-state index contributed by atoms with van der Waals surface area (Å²) in [5.74, 6) is 2.33. The number of amides is 1. The Kier molecular flexibility index (Phi) is 7.28. The highest BCUT2D eigenvalue weighted by Gasteiger charge is 2.30. The summed E-state index contributed by atoms with van der Waals surface area (Å²) in [6.45, 7) is 8.72. The predicted molar refractivity (Wildman–Crippen MR) is 152 cm³/mol. The number of anilines is 3. The number of benzene rings is 1. The minimum absolute atomic E-state index is 0.231. The molecule has 5 rings (SSSR count). The molecule has 204 valence electrons. The molecule has 0 saturated carbocycles. The molecule has 0 bridgehead atoms. The van der Waals surface area contributed by atoms with Gasteiger partial charge in [0.2, 0.25) is 0 Å². The zero-order valence-corrected chi connectivity index (χ0v) is 22.6. The van der Waals surface area contributed by atoms with Gasteiger partial charge in [-0.15, -0.1) is 0 Å². The highest BCUT2D eigenvalue weighted by atomic mass is 16.5. The fourth-order valence-corrected chi connectivity index (χ4v) is 5.16. The summed E-state index contributed by atoms with van der Waals surface area (Å²) in [6, 6.07) is 8.00.